The summed E-state index contributed by atoms with van der Waals surface area (Å²) < 4.78 is 6.77. The van der Waals surface area contributed by atoms with Crippen LogP contribution in [0.15, 0.2) is 76.7 Å². The molecule has 0 aliphatic rings. The van der Waals surface area contributed by atoms with Gasteiger partial charge in [0.15, 0.2) is 5.16 Å². The van der Waals surface area contributed by atoms with Gasteiger partial charge in [-0.05, 0) is 61.4 Å². The minimum Gasteiger partial charge on any atom is -0.497 e. The minimum absolute atomic E-state index is 0.0944. The number of hydrogen-bond donors (Lipinski definition) is 2. The molecular formula is C27H24N4O3S. The summed E-state index contributed by atoms with van der Waals surface area (Å²) in [5.41, 5.74) is 5.17. The van der Waals surface area contributed by atoms with E-state index in [4.69, 9.17) is 9.72 Å². The lowest BCUT2D eigenvalue weighted by molar-refractivity contribution is -0.113. The molecule has 35 heavy (non-hydrogen) atoms. The summed E-state index contributed by atoms with van der Waals surface area (Å²) in [5, 5.41) is 4.22. The van der Waals surface area contributed by atoms with E-state index in [0.29, 0.717) is 27.6 Å². The van der Waals surface area contributed by atoms with Gasteiger partial charge in [0.1, 0.15) is 16.8 Å². The molecule has 5 rings (SSSR count). The molecule has 0 bridgehead atoms. The number of rotatable bonds is 6. The smallest absolute Gasteiger partial charge is 0.283 e. The number of fused-ring (bicyclic) bond motifs is 3. The molecule has 0 saturated carbocycles. The number of nitrogens with one attached hydrogen (secondary N) is 2. The molecule has 0 aliphatic carbocycles. The molecule has 0 spiro atoms. The second-order valence-electron chi connectivity index (χ2n) is 8.21. The normalized spacial score (nSPS) is 11.2. The van der Waals surface area contributed by atoms with Crippen molar-refractivity contribution in [2.75, 3.05) is 18.2 Å². The van der Waals surface area contributed by atoms with Crippen molar-refractivity contribution < 1.29 is 9.53 Å². The van der Waals surface area contributed by atoms with E-state index in [1.54, 1.807) is 35.9 Å². The summed E-state index contributed by atoms with van der Waals surface area (Å²) in [4.78, 5) is 34.6. The lowest BCUT2D eigenvalue weighted by Crippen LogP contribution is -2.23. The third-order valence-corrected chi connectivity index (χ3v) is 6.96. The number of carbonyl (C=O) groups is 1. The zero-order valence-corrected chi connectivity index (χ0v) is 20.4. The Bertz CT molecular complexity index is 1620. The number of aromatic nitrogens is 3. The van der Waals surface area contributed by atoms with E-state index < -0.39 is 0 Å². The zero-order chi connectivity index (χ0) is 24.5. The highest BCUT2D eigenvalue weighted by Gasteiger charge is 2.19. The molecule has 5 aromatic rings. The average Bonchev–Trinajstić information content (AvgIpc) is 3.24. The van der Waals surface area contributed by atoms with Gasteiger partial charge in [-0.15, -0.1) is 0 Å². The summed E-state index contributed by atoms with van der Waals surface area (Å²) in [7, 11) is 1.59. The van der Waals surface area contributed by atoms with Crippen LogP contribution in [0.4, 0.5) is 5.69 Å². The highest BCUT2D eigenvalue weighted by atomic mass is 32.2. The fraction of sp³-hybridized carbons (Fsp3) is 0.148. The number of hydrogen-bond acceptors (Lipinski definition) is 5. The monoisotopic (exact) mass is 484 g/mol. The van der Waals surface area contributed by atoms with E-state index in [-0.39, 0.29) is 17.2 Å². The maximum atomic E-state index is 13.7. The van der Waals surface area contributed by atoms with E-state index in [0.717, 1.165) is 27.7 Å². The van der Waals surface area contributed by atoms with Gasteiger partial charge in [0.05, 0.1) is 18.6 Å². The molecule has 1 amide bonds. The third kappa shape index (κ3) is 4.28. The number of aryl methyl sites for hydroxylation is 1. The summed E-state index contributed by atoms with van der Waals surface area (Å²) in [6, 6.07) is 20.7. The summed E-state index contributed by atoms with van der Waals surface area (Å²) >= 11 is 1.23. The van der Waals surface area contributed by atoms with Crippen molar-refractivity contribution in [2.24, 2.45) is 0 Å². The number of nitrogens with zero attached hydrogens (tertiary/aromatic N) is 2. The lowest BCUT2D eigenvalue weighted by atomic mass is 10.1. The predicted molar refractivity (Wildman–Crippen MR) is 141 cm³/mol. The summed E-state index contributed by atoms with van der Waals surface area (Å²) in [6.45, 7) is 3.99. The van der Waals surface area contributed by atoms with Gasteiger partial charge in [0, 0.05) is 16.6 Å². The predicted octanol–water partition coefficient (Wildman–Crippen LogP) is 5.22. The molecule has 0 radical (unpaired) electrons. The van der Waals surface area contributed by atoms with Crippen molar-refractivity contribution in [1.82, 2.24) is 14.5 Å². The zero-order valence-electron chi connectivity index (χ0n) is 19.6. The van der Waals surface area contributed by atoms with Crippen molar-refractivity contribution in [3.63, 3.8) is 0 Å². The topological polar surface area (TPSA) is 89.0 Å². The maximum Gasteiger partial charge on any atom is 0.283 e. The van der Waals surface area contributed by atoms with Gasteiger partial charge >= 0.3 is 0 Å². The minimum atomic E-state index is -0.196. The van der Waals surface area contributed by atoms with Crippen LogP contribution in [0.1, 0.15) is 11.1 Å². The van der Waals surface area contributed by atoms with Crippen LogP contribution >= 0.6 is 11.8 Å². The Morgan fingerprint density at radius 2 is 1.83 bits per heavy atom. The van der Waals surface area contributed by atoms with E-state index in [2.05, 4.69) is 10.3 Å². The van der Waals surface area contributed by atoms with Gasteiger partial charge < -0.3 is 15.0 Å². The average molecular weight is 485 g/mol. The van der Waals surface area contributed by atoms with Crippen LogP contribution in [-0.2, 0) is 4.79 Å². The lowest BCUT2D eigenvalue weighted by Gasteiger charge is -2.15. The number of amides is 1. The Labute approximate surface area is 206 Å². The van der Waals surface area contributed by atoms with Gasteiger partial charge in [-0.3, -0.25) is 14.2 Å². The van der Waals surface area contributed by atoms with Gasteiger partial charge in [-0.2, -0.15) is 0 Å². The molecule has 2 heterocycles. The van der Waals surface area contributed by atoms with Crippen molar-refractivity contribution >= 4 is 45.3 Å². The van der Waals surface area contributed by atoms with Crippen molar-refractivity contribution in [2.45, 2.75) is 19.0 Å². The number of anilines is 1. The Balaban J connectivity index is 1.55. The third-order valence-electron chi connectivity index (χ3n) is 6.02. The quantitative estimate of drug-likeness (QED) is 0.255. The standard InChI is InChI=1S/C27H24N4O3S/c1-16-7-6-10-22(17(16)2)31-26(33)25-24(20-8-4-5-9-21(20)29-25)30-27(31)35-15-23(32)28-18-11-13-19(34-3)14-12-18/h4-14,29H,15H2,1-3H3,(H,28,32). The van der Waals surface area contributed by atoms with Crippen LogP contribution in [0.25, 0.3) is 27.6 Å². The molecule has 8 heteroatoms. The summed E-state index contributed by atoms with van der Waals surface area (Å²) in [6.07, 6.45) is 0. The number of benzene rings is 3. The molecular weight excluding hydrogens is 460 g/mol. The Kier molecular flexibility index (Phi) is 6.05. The van der Waals surface area contributed by atoms with Crippen LogP contribution in [0.2, 0.25) is 0 Å². The Morgan fingerprint density at radius 1 is 1.06 bits per heavy atom. The molecule has 7 nitrogen and oxygen atoms in total. The van der Waals surface area contributed by atoms with Crippen LogP contribution in [-0.4, -0.2) is 33.3 Å². The van der Waals surface area contributed by atoms with Crippen LogP contribution in [0.3, 0.4) is 0 Å². The molecule has 0 aliphatic heterocycles. The van der Waals surface area contributed by atoms with E-state index >= 15 is 0 Å². The number of methoxy groups -OCH3 is 1. The first-order chi connectivity index (χ1) is 17.0. The van der Waals surface area contributed by atoms with E-state index in [1.165, 1.54) is 11.8 Å². The first-order valence-electron chi connectivity index (χ1n) is 11.1. The van der Waals surface area contributed by atoms with Crippen LogP contribution in [0.5, 0.6) is 5.75 Å². The first-order valence-corrected chi connectivity index (χ1v) is 12.1. The van der Waals surface area contributed by atoms with E-state index in [1.807, 2.05) is 56.3 Å². The highest BCUT2D eigenvalue weighted by molar-refractivity contribution is 7.99. The summed E-state index contributed by atoms with van der Waals surface area (Å²) in [5.74, 6) is 0.615. The largest absolute Gasteiger partial charge is 0.497 e. The fourth-order valence-electron chi connectivity index (χ4n) is 4.03. The SMILES string of the molecule is COc1ccc(NC(=O)CSc2nc3c([nH]c4ccccc43)c(=O)n2-c2cccc(C)c2C)cc1. The Hall–Kier alpha value is -4.04. The highest BCUT2D eigenvalue weighted by Crippen LogP contribution is 2.28. The maximum absolute atomic E-state index is 13.7. The van der Waals surface area contributed by atoms with Crippen LogP contribution < -0.4 is 15.6 Å². The van der Waals surface area contributed by atoms with Crippen molar-refractivity contribution in [3.8, 4) is 11.4 Å². The molecule has 176 valence electrons. The number of para-hydroxylation sites is 1. The molecule has 0 fully saturated rings. The number of aromatic amines is 1. The van der Waals surface area contributed by atoms with Crippen molar-refractivity contribution in [1.29, 1.82) is 0 Å². The molecule has 2 aromatic heterocycles. The fourth-order valence-corrected chi connectivity index (χ4v) is 4.83. The molecule has 3 aromatic carbocycles. The number of H-pyrrole nitrogens is 1. The van der Waals surface area contributed by atoms with Gasteiger partial charge in [-0.25, -0.2) is 4.98 Å². The molecule has 0 atom stereocenters. The van der Waals surface area contributed by atoms with Crippen molar-refractivity contribution in [3.05, 3.63) is 88.2 Å². The number of thioether (sulfide) groups is 1. The first kappa shape index (κ1) is 22.7. The van der Waals surface area contributed by atoms with Gasteiger partial charge in [0.2, 0.25) is 5.91 Å². The number of ether oxygens (including phenoxy) is 1. The Morgan fingerprint density at radius 3 is 2.60 bits per heavy atom. The molecule has 0 saturated heterocycles. The van der Waals surface area contributed by atoms with Gasteiger partial charge in [-0.1, -0.05) is 42.1 Å². The second-order valence-corrected chi connectivity index (χ2v) is 9.16. The molecule has 2 N–H and O–H groups in total. The van der Waals surface area contributed by atoms with E-state index in [9.17, 15) is 9.59 Å². The number of carbonyl (C=O) groups excluding carboxylic acids is 1. The van der Waals surface area contributed by atoms with Crippen LogP contribution in [0, 0.1) is 13.8 Å². The molecule has 0 unspecified atom stereocenters. The second kappa shape index (κ2) is 9.31. The van der Waals surface area contributed by atoms with Gasteiger partial charge in [0.25, 0.3) is 5.56 Å².